The lowest BCUT2D eigenvalue weighted by Crippen LogP contribution is -2.37. The molecule has 2 N–H and O–H groups in total. The van der Waals surface area contributed by atoms with E-state index in [-0.39, 0.29) is 12.5 Å². The van der Waals surface area contributed by atoms with Crippen LogP contribution in [0.25, 0.3) is 0 Å². The Morgan fingerprint density at radius 2 is 1.86 bits per heavy atom. The fourth-order valence-corrected chi connectivity index (χ4v) is 1.27. The molecule has 0 heterocycles. The SMILES string of the molecule is CCOC(CC)C(N)CCC(F)(F)F. The molecule has 0 radical (unpaired) electrons. The van der Waals surface area contributed by atoms with E-state index >= 15 is 0 Å². The highest BCUT2D eigenvalue weighted by Gasteiger charge is 2.29. The van der Waals surface area contributed by atoms with Crippen LogP contribution in [0.1, 0.15) is 33.1 Å². The van der Waals surface area contributed by atoms with E-state index in [0.29, 0.717) is 13.0 Å². The standard InChI is InChI=1S/C9H18F3NO/c1-3-8(14-4-2)7(13)5-6-9(10,11)12/h7-8H,3-6,13H2,1-2H3. The molecule has 0 aliphatic heterocycles. The second kappa shape index (κ2) is 6.24. The Morgan fingerprint density at radius 3 is 2.21 bits per heavy atom. The van der Waals surface area contributed by atoms with Gasteiger partial charge in [0, 0.05) is 19.1 Å². The van der Waals surface area contributed by atoms with Crippen molar-refractivity contribution in [3.8, 4) is 0 Å². The molecule has 0 aliphatic carbocycles. The summed E-state index contributed by atoms with van der Waals surface area (Å²) in [7, 11) is 0. The Balaban J connectivity index is 3.85. The Labute approximate surface area is 82.6 Å². The van der Waals surface area contributed by atoms with Crippen molar-refractivity contribution < 1.29 is 17.9 Å². The molecule has 0 rings (SSSR count). The maximum absolute atomic E-state index is 11.9. The highest BCUT2D eigenvalue weighted by molar-refractivity contribution is 4.73. The van der Waals surface area contributed by atoms with Crippen molar-refractivity contribution in [1.82, 2.24) is 0 Å². The molecule has 0 fully saturated rings. The summed E-state index contributed by atoms with van der Waals surface area (Å²) < 4.78 is 40.8. The van der Waals surface area contributed by atoms with Crippen LogP contribution < -0.4 is 5.73 Å². The van der Waals surface area contributed by atoms with Crippen molar-refractivity contribution in [2.45, 2.75) is 51.4 Å². The lowest BCUT2D eigenvalue weighted by atomic mass is 10.0. The van der Waals surface area contributed by atoms with E-state index in [1.165, 1.54) is 0 Å². The van der Waals surface area contributed by atoms with Crippen molar-refractivity contribution >= 4 is 0 Å². The zero-order chi connectivity index (χ0) is 11.2. The summed E-state index contributed by atoms with van der Waals surface area (Å²) in [4.78, 5) is 0. The van der Waals surface area contributed by atoms with Crippen LogP contribution in [0.4, 0.5) is 13.2 Å². The van der Waals surface area contributed by atoms with Crippen molar-refractivity contribution in [3.05, 3.63) is 0 Å². The Hall–Kier alpha value is -0.290. The van der Waals surface area contributed by atoms with Gasteiger partial charge in [-0.1, -0.05) is 6.92 Å². The minimum atomic E-state index is -4.12. The lowest BCUT2D eigenvalue weighted by Gasteiger charge is -2.22. The largest absolute Gasteiger partial charge is 0.389 e. The summed E-state index contributed by atoms with van der Waals surface area (Å²) in [5, 5.41) is 0. The zero-order valence-electron chi connectivity index (χ0n) is 8.60. The lowest BCUT2D eigenvalue weighted by molar-refractivity contribution is -0.138. The molecule has 2 atom stereocenters. The van der Waals surface area contributed by atoms with Gasteiger partial charge in [0.2, 0.25) is 0 Å². The van der Waals surface area contributed by atoms with Gasteiger partial charge in [0.15, 0.2) is 0 Å². The molecule has 2 nitrogen and oxygen atoms in total. The molecule has 0 amide bonds. The predicted octanol–water partition coefficient (Wildman–Crippen LogP) is 2.47. The van der Waals surface area contributed by atoms with Crippen molar-refractivity contribution in [2.75, 3.05) is 6.61 Å². The summed E-state index contributed by atoms with van der Waals surface area (Å²) in [6, 6.07) is -0.526. The van der Waals surface area contributed by atoms with Crippen molar-refractivity contribution in [2.24, 2.45) is 5.73 Å². The van der Waals surface area contributed by atoms with Crippen LogP contribution in [0.15, 0.2) is 0 Å². The molecule has 0 bridgehead atoms. The minimum Gasteiger partial charge on any atom is -0.377 e. The number of hydrogen-bond donors (Lipinski definition) is 1. The van der Waals surface area contributed by atoms with Crippen LogP contribution in [-0.4, -0.2) is 24.9 Å². The monoisotopic (exact) mass is 213 g/mol. The second-order valence-electron chi connectivity index (χ2n) is 3.22. The van der Waals surface area contributed by atoms with Gasteiger partial charge in [-0.05, 0) is 19.8 Å². The number of hydrogen-bond acceptors (Lipinski definition) is 2. The van der Waals surface area contributed by atoms with Gasteiger partial charge in [-0.25, -0.2) is 0 Å². The molecule has 0 saturated heterocycles. The molecule has 86 valence electrons. The fraction of sp³-hybridized carbons (Fsp3) is 1.00. The molecule has 2 unspecified atom stereocenters. The third-order valence-corrected chi connectivity index (χ3v) is 2.02. The van der Waals surface area contributed by atoms with E-state index in [1.54, 1.807) is 6.92 Å². The van der Waals surface area contributed by atoms with Crippen LogP contribution >= 0.6 is 0 Å². The number of nitrogens with two attached hydrogens (primary N) is 1. The maximum atomic E-state index is 11.9. The molecule has 0 aromatic rings. The first-order valence-electron chi connectivity index (χ1n) is 4.84. The predicted molar refractivity (Wildman–Crippen MR) is 49.0 cm³/mol. The van der Waals surface area contributed by atoms with Gasteiger partial charge in [-0.15, -0.1) is 0 Å². The second-order valence-corrected chi connectivity index (χ2v) is 3.22. The molecule has 0 aromatic heterocycles. The first-order chi connectivity index (χ1) is 6.40. The van der Waals surface area contributed by atoms with Gasteiger partial charge in [-0.3, -0.25) is 0 Å². The number of alkyl halides is 3. The highest BCUT2D eigenvalue weighted by atomic mass is 19.4. The molecular weight excluding hydrogens is 195 g/mol. The van der Waals surface area contributed by atoms with Gasteiger partial charge in [0.05, 0.1) is 6.10 Å². The van der Waals surface area contributed by atoms with Gasteiger partial charge in [-0.2, -0.15) is 13.2 Å². The molecule has 0 spiro atoms. The molecule has 0 aliphatic rings. The first kappa shape index (κ1) is 13.7. The van der Waals surface area contributed by atoms with E-state index in [1.807, 2.05) is 6.92 Å². The van der Waals surface area contributed by atoms with E-state index in [4.69, 9.17) is 10.5 Å². The molecule has 0 aromatic carbocycles. The van der Waals surface area contributed by atoms with E-state index in [9.17, 15) is 13.2 Å². The zero-order valence-corrected chi connectivity index (χ0v) is 8.60. The van der Waals surface area contributed by atoms with Crippen LogP contribution in [0.3, 0.4) is 0 Å². The minimum absolute atomic E-state index is 0.0675. The summed E-state index contributed by atoms with van der Waals surface area (Å²) in [5.74, 6) is 0. The Bertz CT molecular complexity index is 149. The van der Waals surface area contributed by atoms with Gasteiger partial charge >= 0.3 is 6.18 Å². The summed E-state index contributed by atoms with van der Waals surface area (Å²) in [6.45, 7) is 4.14. The molecule has 5 heteroatoms. The normalized spacial score (nSPS) is 16.7. The Morgan fingerprint density at radius 1 is 1.29 bits per heavy atom. The summed E-state index contributed by atoms with van der Waals surface area (Å²) in [6.07, 6.45) is -4.64. The first-order valence-corrected chi connectivity index (χ1v) is 4.84. The van der Waals surface area contributed by atoms with Crippen LogP contribution in [0.2, 0.25) is 0 Å². The average Bonchev–Trinajstić information content (AvgIpc) is 2.09. The van der Waals surface area contributed by atoms with Crippen LogP contribution in [-0.2, 0) is 4.74 Å². The maximum Gasteiger partial charge on any atom is 0.389 e. The van der Waals surface area contributed by atoms with Gasteiger partial charge in [0.1, 0.15) is 0 Å². The van der Waals surface area contributed by atoms with E-state index < -0.39 is 18.6 Å². The smallest absolute Gasteiger partial charge is 0.377 e. The van der Waals surface area contributed by atoms with E-state index in [2.05, 4.69) is 0 Å². The number of ether oxygens (including phenoxy) is 1. The van der Waals surface area contributed by atoms with E-state index in [0.717, 1.165) is 0 Å². The molecular formula is C9H18F3NO. The fourth-order valence-electron chi connectivity index (χ4n) is 1.27. The van der Waals surface area contributed by atoms with Crippen molar-refractivity contribution in [1.29, 1.82) is 0 Å². The van der Waals surface area contributed by atoms with Crippen LogP contribution in [0.5, 0.6) is 0 Å². The number of halogens is 3. The highest BCUT2D eigenvalue weighted by Crippen LogP contribution is 2.23. The Kier molecular flexibility index (Phi) is 6.11. The summed E-state index contributed by atoms with van der Waals surface area (Å²) >= 11 is 0. The van der Waals surface area contributed by atoms with Crippen LogP contribution in [0, 0.1) is 0 Å². The van der Waals surface area contributed by atoms with Gasteiger partial charge < -0.3 is 10.5 Å². The van der Waals surface area contributed by atoms with Crippen molar-refractivity contribution in [3.63, 3.8) is 0 Å². The molecule has 0 saturated carbocycles. The third kappa shape index (κ3) is 6.21. The topological polar surface area (TPSA) is 35.2 Å². The third-order valence-electron chi connectivity index (χ3n) is 2.02. The van der Waals surface area contributed by atoms with Gasteiger partial charge in [0.25, 0.3) is 0 Å². The average molecular weight is 213 g/mol. The molecule has 14 heavy (non-hydrogen) atoms. The quantitative estimate of drug-likeness (QED) is 0.735. The summed E-state index contributed by atoms with van der Waals surface area (Å²) in [5.41, 5.74) is 5.60. The number of rotatable bonds is 6.